The van der Waals surface area contributed by atoms with Crippen molar-refractivity contribution in [2.75, 3.05) is 0 Å². The molecule has 3 nitrogen and oxygen atoms in total. The Labute approximate surface area is 315 Å². The van der Waals surface area contributed by atoms with Gasteiger partial charge in [0.1, 0.15) is 0 Å². The van der Waals surface area contributed by atoms with E-state index in [9.17, 15) is 0 Å². The van der Waals surface area contributed by atoms with Crippen molar-refractivity contribution in [2.45, 2.75) is 12.3 Å². The quantitative estimate of drug-likeness (QED) is 0.174. The Morgan fingerprint density at radius 1 is 0.389 bits per heavy atom. The van der Waals surface area contributed by atoms with E-state index < -0.39 is 0 Å². The number of fused-ring (bicyclic) bond motifs is 4. The topological polar surface area (TPSA) is 38.7 Å². The minimum Gasteiger partial charge on any atom is -0.264 e. The van der Waals surface area contributed by atoms with Crippen molar-refractivity contribution in [3.63, 3.8) is 0 Å². The molecule has 9 aromatic rings. The van der Waals surface area contributed by atoms with E-state index in [-0.39, 0.29) is 5.41 Å². The van der Waals surface area contributed by atoms with Crippen LogP contribution in [0.25, 0.3) is 78.1 Å². The number of hydrogen-bond acceptors (Lipinski definition) is 3. The van der Waals surface area contributed by atoms with E-state index in [1.807, 2.05) is 30.5 Å². The van der Waals surface area contributed by atoms with Gasteiger partial charge in [0.2, 0.25) is 0 Å². The average molecular weight is 690 g/mol. The maximum absolute atomic E-state index is 5.23. The molecule has 254 valence electrons. The zero-order chi connectivity index (χ0) is 36.1. The number of pyridine rings is 1. The van der Waals surface area contributed by atoms with Gasteiger partial charge in [-0.25, -0.2) is 9.97 Å². The molecule has 0 fully saturated rings. The zero-order valence-corrected chi connectivity index (χ0v) is 29.8. The SMILES string of the molecule is CC1(c2ccccc2)c2ccccc2-c2ccc(-c3ccc(-c4cc(-c5cccc(-c6cccnc6)c5)nc(-c5ccccc5)n4)c4ccccc34)cc21. The first-order chi connectivity index (χ1) is 26.6. The summed E-state index contributed by atoms with van der Waals surface area (Å²) >= 11 is 0. The first-order valence-electron chi connectivity index (χ1n) is 18.4. The monoisotopic (exact) mass is 689 g/mol. The van der Waals surface area contributed by atoms with E-state index >= 15 is 0 Å². The van der Waals surface area contributed by atoms with Crippen LogP contribution in [0.5, 0.6) is 0 Å². The van der Waals surface area contributed by atoms with Gasteiger partial charge in [-0.15, -0.1) is 0 Å². The molecule has 1 unspecified atom stereocenters. The highest BCUT2D eigenvalue weighted by molar-refractivity contribution is 6.05. The van der Waals surface area contributed by atoms with Crippen molar-refractivity contribution >= 4 is 10.8 Å². The summed E-state index contributed by atoms with van der Waals surface area (Å²) in [5.74, 6) is 0.696. The van der Waals surface area contributed by atoms with Crippen molar-refractivity contribution in [1.29, 1.82) is 0 Å². The van der Waals surface area contributed by atoms with E-state index in [0.717, 1.165) is 44.6 Å². The summed E-state index contributed by atoms with van der Waals surface area (Å²) < 4.78 is 0. The summed E-state index contributed by atoms with van der Waals surface area (Å²) in [5.41, 5.74) is 15.7. The van der Waals surface area contributed by atoms with E-state index in [2.05, 4.69) is 170 Å². The molecule has 0 saturated carbocycles. The Balaban J connectivity index is 1.13. The molecule has 0 N–H and O–H groups in total. The molecule has 0 spiro atoms. The van der Waals surface area contributed by atoms with Crippen molar-refractivity contribution in [3.8, 4) is 67.3 Å². The molecule has 54 heavy (non-hydrogen) atoms. The molecule has 0 aliphatic heterocycles. The van der Waals surface area contributed by atoms with Crippen LogP contribution in [0.15, 0.2) is 194 Å². The number of aromatic nitrogens is 3. The van der Waals surface area contributed by atoms with Gasteiger partial charge in [-0.1, -0.05) is 158 Å². The lowest BCUT2D eigenvalue weighted by atomic mass is 9.74. The summed E-state index contributed by atoms with van der Waals surface area (Å²) in [7, 11) is 0. The fourth-order valence-corrected chi connectivity index (χ4v) is 8.36. The number of nitrogens with zero attached hydrogens (tertiary/aromatic N) is 3. The van der Waals surface area contributed by atoms with Gasteiger partial charge in [0, 0.05) is 40.1 Å². The summed E-state index contributed by atoms with van der Waals surface area (Å²) in [6.07, 6.45) is 3.70. The highest BCUT2D eigenvalue weighted by Gasteiger charge is 2.40. The van der Waals surface area contributed by atoms with E-state index in [1.165, 1.54) is 44.3 Å². The average Bonchev–Trinajstić information content (AvgIpc) is 3.52. The van der Waals surface area contributed by atoms with Crippen LogP contribution in [0.2, 0.25) is 0 Å². The molecule has 7 aromatic carbocycles. The van der Waals surface area contributed by atoms with Gasteiger partial charge in [0.15, 0.2) is 5.82 Å². The minimum atomic E-state index is -0.265. The predicted molar refractivity (Wildman–Crippen MR) is 222 cm³/mol. The largest absolute Gasteiger partial charge is 0.264 e. The minimum absolute atomic E-state index is 0.265. The van der Waals surface area contributed by atoms with Crippen LogP contribution >= 0.6 is 0 Å². The fraction of sp³-hybridized carbons (Fsp3) is 0.0392. The van der Waals surface area contributed by atoms with Gasteiger partial charge in [-0.2, -0.15) is 0 Å². The molecule has 10 rings (SSSR count). The van der Waals surface area contributed by atoms with Crippen LogP contribution in [-0.2, 0) is 5.41 Å². The van der Waals surface area contributed by atoms with Gasteiger partial charge in [-0.05, 0) is 86.5 Å². The van der Waals surface area contributed by atoms with Crippen molar-refractivity contribution < 1.29 is 0 Å². The second-order valence-corrected chi connectivity index (χ2v) is 14.2. The molecule has 0 saturated heterocycles. The lowest BCUT2D eigenvalue weighted by Crippen LogP contribution is -2.22. The Bertz CT molecular complexity index is 2830. The molecular formula is C51H35N3. The Hall–Kier alpha value is -6.97. The standard InChI is InChI=1S/C51H35N3/c1-51(39-19-6-3-7-20-39)46-24-11-10-23-43(46)44-26-25-36(31-47(44)51)40-27-28-45(42-22-9-8-21-41(40)42)49-32-48(53-50(54-49)34-14-4-2-5-15-34)37-17-12-16-35(30-37)38-18-13-29-52-33-38/h2-33H,1H3. The zero-order valence-electron chi connectivity index (χ0n) is 29.8. The van der Waals surface area contributed by atoms with Crippen molar-refractivity contribution in [3.05, 3.63) is 211 Å². The first-order valence-corrected chi connectivity index (χ1v) is 18.4. The highest BCUT2D eigenvalue weighted by Crippen LogP contribution is 2.53. The summed E-state index contributed by atoms with van der Waals surface area (Å²) in [5, 5.41) is 2.34. The molecule has 1 aliphatic carbocycles. The molecule has 1 aliphatic rings. The van der Waals surface area contributed by atoms with Gasteiger partial charge in [0.05, 0.1) is 11.4 Å². The third kappa shape index (κ3) is 5.24. The smallest absolute Gasteiger partial charge is 0.160 e. The lowest BCUT2D eigenvalue weighted by Gasteiger charge is -2.28. The summed E-state index contributed by atoms with van der Waals surface area (Å²) in [6.45, 7) is 2.38. The third-order valence-electron chi connectivity index (χ3n) is 11.1. The molecular weight excluding hydrogens is 655 g/mol. The Kier molecular flexibility index (Phi) is 7.59. The molecule has 2 aromatic heterocycles. The maximum Gasteiger partial charge on any atom is 0.160 e. The first kappa shape index (κ1) is 31.7. The van der Waals surface area contributed by atoms with E-state index in [4.69, 9.17) is 9.97 Å². The van der Waals surface area contributed by atoms with Gasteiger partial charge < -0.3 is 0 Å². The van der Waals surface area contributed by atoms with Crippen LogP contribution in [0.3, 0.4) is 0 Å². The van der Waals surface area contributed by atoms with Gasteiger partial charge in [-0.3, -0.25) is 4.98 Å². The van der Waals surface area contributed by atoms with Crippen LogP contribution in [0.1, 0.15) is 23.6 Å². The van der Waals surface area contributed by atoms with Crippen LogP contribution in [-0.4, -0.2) is 15.0 Å². The van der Waals surface area contributed by atoms with E-state index in [1.54, 1.807) is 6.20 Å². The summed E-state index contributed by atoms with van der Waals surface area (Å²) in [4.78, 5) is 14.7. The van der Waals surface area contributed by atoms with Crippen LogP contribution < -0.4 is 0 Å². The second kappa shape index (κ2) is 12.9. The molecule has 0 bridgehead atoms. The normalized spacial score (nSPS) is 14.5. The molecule has 0 radical (unpaired) electrons. The number of hydrogen-bond donors (Lipinski definition) is 0. The Morgan fingerprint density at radius 2 is 1.02 bits per heavy atom. The molecule has 0 amide bonds. The van der Waals surface area contributed by atoms with Crippen LogP contribution in [0.4, 0.5) is 0 Å². The molecule has 3 heteroatoms. The molecule has 2 heterocycles. The maximum atomic E-state index is 5.23. The Morgan fingerprint density at radius 3 is 1.83 bits per heavy atom. The predicted octanol–water partition coefficient (Wildman–Crippen LogP) is 12.7. The van der Waals surface area contributed by atoms with Crippen molar-refractivity contribution in [2.24, 2.45) is 0 Å². The number of benzene rings is 7. The van der Waals surface area contributed by atoms with Gasteiger partial charge in [0.25, 0.3) is 0 Å². The van der Waals surface area contributed by atoms with Crippen LogP contribution in [0, 0.1) is 0 Å². The lowest BCUT2D eigenvalue weighted by molar-refractivity contribution is 0.714. The molecule has 1 atom stereocenters. The number of rotatable bonds is 6. The van der Waals surface area contributed by atoms with Gasteiger partial charge >= 0.3 is 0 Å². The second-order valence-electron chi connectivity index (χ2n) is 14.2. The summed E-state index contributed by atoms with van der Waals surface area (Å²) in [6, 6.07) is 65.0. The highest BCUT2D eigenvalue weighted by atomic mass is 14.9. The van der Waals surface area contributed by atoms with Crippen molar-refractivity contribution in [1.82, 2.24) is 15.0 Å². The fourth-order valence-electron chi connectivity index (χ4n) is 8.36. The third-order valence-corrected chi connectivity index (χ3v) is 11.1. The van der Waals surface area contributed by atoms with E-state index in [0.29, 0.717) is 5.82 Å².